The summed E-state index contributed by atoms with van der Waals surface area (Å²) in [5, 5.41) is 0. The Balaban J connectivity index is 2.11. The number of nitrogens with zero attached hydrogens (tertiary/aromatic N) is 1. The van der Waals surface area contributed by atoms with E-state index in [-0.39, 0.29) is 5.97 Å². The molecule has 1 aromatic rings. The van der Waals surface area contributed by atoms with E-state index in [1.807, 2.05) is 0 Å². The Morgan fingerprint density at radius 3 is 2.76 bits per heavy atom. The molecular weight excluding hydrogens is 218 g/mol. The Hall–Kier alpha value is -1.93. The van der Waals surface area contributed by atoms with Gasteiger partial charge < -0.3 is 4.74 Å². The lowest BCUT2D eigenvalue weighted by Gasteiger charge is -2.03. The van der Waals surface area contributed by atoms with E-state index in [0.29, 0.717) is 18.7 Å². The van der Waals surface area contributed by atoms with E-state index < -0.39 is 0 Å². The fourth-order valence-corrected chi connectivity index (χ4v) is 1.30. The van der Waals surface area contributed by atoms with Gasteiger partial charge in [-0.2, -0.15) is 0 Å². The molecule has 0 saturated carbocycles. The minimum atomic E-state index is -0.241. The van der Waals surface area contributed by atoms with Crippen LogP contribution in [0.5, 0.6) is 5.75 Å². The Morgan fingerprint density at radius 1 is 1.29 bits per heavy atom. The molecule has 0 amide bonds. The molecule has 89 valence electrons. The predicted octanol–water partition coefficient (Wildman–Crippen LogP) is 2.29. The van der Waals surface area contributed by atoms with Gasteiger partial charge >= 0.3 is 5.97 Å². The molecule has 0 bridgehead atoms. The third-order valence-electron chi connectivity index (χ3n) is 2.13. The maximum Gasteiger partial charge on any atom is 0.311 e. The summed E-state index contributed by atoms with van der Waals surface area (Å²) in [7, 11) is 0. The van der Waals surface area contributed by atoms with Crippen LogP contribution in [0.15, 0.2) is 29.3 Å². The molecule has 0 aliphatic heterocycles. The molecule has 0 spiro atoms. The molecule has 1 aromatic carbocycles. The number of carbonyl (C=O) groups excluding carboxylic acids is 2. The van der Waals surface area contributed by atoms with Crippen molar-refractivity contribution in [1.82, 2.24) is 0 Å². The number of unbranched alkanes of at least 4 members (excludes halogenated alkanes) is 2. The third-order valence-corrected chi connectivity index (χ3v) is 2.13. The van der Waals surface area contributed by atoms with Crippen molar-refractivity contribution in [1.29, 1.82) is 0 Å². The van der Waals surface area contributed by atoms with Gasteiger partial charge in [-0.25, -0.2) is 9.79 Å². The summed E-state index contributed by atoms with van der Waals surface area (Å²) >= 11 is 0. The zero-order chi connectivity index (χ0) is 12.3. The van der Waals surface area contributed by atoms with Crippen LogP contribution in [0.25, 0.3) is 0 Å². The fraction of sp³-hybridized carbons (Fsp3) is 0.385. The van der Waals surface area contributed by atoms with Crippen molar-refractivity contribution in [2.24, 2.45) is 4.99 Å². The molecule has 4 nitrogen and oxygen atoms in total. The van der Waals surface area contributed by atoms with Gasteiger partial charge in [-0.3, -0.25) is 4.79 Å². The Bertz CT molecular complexity index is 383. The quantitative estimate of drug-likeness (QED) is 0.238. The predicted molar refractivity (Wildman–Crippen MR) is 62.4 cm³/mol. The number of carbonyl (C=O) groups is 1. The fourth-order valence-electron chi connectivity index (χ4n) is 1.30. The van der Waals surface area contributed by atoms with Crippen LogP contribution in [-0.4, -0.2) is 18.6 Å². The minimum Gasteiger partial charge on any atom is -0.427 e. The molecule has 0 saturated heterocycles. The Morgan fingerprint density at radius 2 is 2.06 bits per heavy atom. The molecule has 4 heteroatoms. The van der Waals surface area contributed by atoms with E-state index in [4.69, 9.17) is 4.74 Å². The lowest BCUT2D eigenvalue weighted by atomic mass is 10.2. The summed E-state index contributed by atoms with van der Waals surface area (Å²) < 4.78 is 5.10. The molecule has 0 aliphatic rings. The highest BCUT2D eigenvalue weighted by Crippen LogP contribution is 2.10. The highest BCUT2D eigenvalue weighted by molar-refractivity contribution is 5.72. The minimum absolute atomic E-state index is 0.241. The first-order valence-corrected chi connectivity index (χ1v) is 5.53. The number of esters is 1. The summed E-state index contributed by atoms with van der Waals surface area (Å²) in [5.74, 6) is 0.300. The molecule has 0 heterocycles. The summed E-state index contributed by atoms with van der Waals surface area (Å²) in [6.45, 7) is 0.479. The van der Waals surface area contributed by atoms with E-state index in [1.54, 1.807) is 24.3 Å². The van der Waals surface area contributed by atoms with Gasteiger partial charge in [0.15, 0.2) is 0 Å². The first-order valence-electron chi connectivity index (χ1n) is 5.53. The van der Waals surface area contributed by atoms with Crippen molar-refractivity contribution in [3.63, 3.8) is 0 Å². The first kappa shape index (κ1) is 13.1. The number of ether oxygens (including phenoxy) is 1. The van der Waals surface area contributed by atoms with Crippen LogP contribution in [0.2, 0.25) is 0 Å². The molecule has 0 unspecified atom stereocenters. The van der Waals surface area contributed by atoms with Gasteiger partial charge in [-0.05, 0) is 31.0 Å². The van der Waals surface area contributed by atoms with E-state index in [9.17, 15) is 9.59 Å². The smallest absolute Gasteiger partial charge is 0.311 e. The number of benzene rings is 1. The second-order valence-electron chi connectivity index (χ2n) is 3.49. The lowest BCUT2D eigenvalue weighted by Crippen LogP contribution is -2.07. The standard InChI is InChI=1S/C13H14NO3/c15-11-14-10-6-2-5-9-13(16)17-12-7-3-1-4-8-12/h3-4,7-8H,2,5-6,9-10H2. The van der Waals surface area contributed by atoms with Crippen LogP contribution < -0.4 is 4.74 Å². The molecule has 17 heavy (non-hydrogen) atoms. The number of hydrogen-bond acceptors (Lipinski definition) is 4. The number of rotatable bonds is 7. The molecular formula is C13H14NO3. The highest BCUT2D eigenvalue weighted by atomic mass is 16.5. The molecule has 0 fully saturated rings. The van der Waals surface area contributed by atoms with Crippen molar-refractivity contribution in [3.8, 4) is 5.75 Å². The maximum atomic E-state index is 11.4. The summed E-state index contributed by atoms with van der Waals surface area (Å²) in [5.41, 5.74) is 0. The second-order valence-corrected chi connectivity index (χ2v) is 3.49. The van der Waals surface area contributed by atoms with Crippen molar-refractivity contribution < 1.29 is 14.3 Å². The van der Waals surface area contributed by atoms with Crippen LogP contribution in [0.3, 0.4) is 0 Å². The van der Waals surface area contributed by atoms with Gasteiger partial charge in [-0.1, -0.05) is 18.6 Å². The van der Waals surface area contributed by atoms with Gasteiger partial charge in [0.25, 0.3) is 0 Å². The zero-order valence-electron chi connectivity index (χ0n) is 9.52. The average Bonchev–Trinajstić information content (AvgIpc) is 2.35. The normalized spacial score (nSPS) is 9.41. The zero-order valence-corrected chi connectivity index (χ0v) is 9.52. The third kappa shape index (κ3) is 6.28. The number of hydrogen-bond donors (Lipinski definition) is 0. The van der Waals surface area contributed by atoms with Crippen molar-refractivity contribution in [3.05, 3.63) is 30.3 Å². The molecule has 0 N–H and O–H groups in total. The van der Waals surface area contributed by atoms with Gasteiger partial charge in [0.1, 0.15) is 5.75 Å². The van der Waals surface area contributed by atoms with E-state index in [2.05, 4.69) is 11.1 Å². The maximum absolute atomic E-state index is 11.4. The van der Waals surface area contributed by atoms with Crippen molar-refractivity contribution in [2.45, 2.75) is 25.7 Å². The largest absolute Gasteiger partial charge is 0.427 e. The number of aliphatic imine (C=N–C) groups is 1. The summed E-state index contributed by atoms with van der Waals surface area (Å²) in [4.78, 5) is 24.6. The van der Waals surface area contributed by atoms with Crippen LogP contribution >= 0.6 is 0 Å². The number of isocyanates is 1. The van der Waals surface area contributed by atoms with Gasteiger partial charge in [-0.15, -0.1) is 0 Å². The van der Waals surface area contributed by atoms with Crippen LogP contribution in [0.1, 0.15) is 25.7 Å². The van der Waals surface area contributed by atoms with E-state index >= 15 is 0 Å². The molecule has 1 radical (unpaired) electrons. The lowest BCUT2D eigenvalue weighted by molar-refractivity contribution is -0.134. The first-order chi connectivity index (χ1) is 8.33. The SMILES string of the molecule is O=C=NCCCCCC(=O)Oc1cc[c]cc1. The van der Waals surface area contributed by atoms with Crippen LogP contribution in [0, 0.1) is 6.07 Å². The Kier molecular flexibility index (Phi) is 6.37. The monoisotopic (exact) mass is 232 g/mol. The second kappa shape index (κ2) is 8.25. The molecule has 0 atom stereocenters. The summed E-state index contributed by atoms with van der Waals surface area (Å²) in [6, 6.07) is 9.62. The van der Waals surface area contributed by atoms with Gasteiger partial charge in [0.2, 0.25) is 6.08 Å². The van der Waals surface area contributed by atoms with Crippen molar-refractivity contribution in [2.75, 3.05) is 6.54 Å². The molecule has 0 aromatic heterocycles. The topological polar surface area (TPSA) is 55.7 Å². The van der Waals surface area contributed by atoms with Crippen LogP contribution in [-0.2, 0) is 9.59 Å². The van der Waals surface area contributed by atoms with Crippen LogP contribution in [0.4, 0.5) is 0 Å². The highest BCUT2D eigenvalue weighted by Gasteiger charge is 2.03. The van der Waals surface area contributed by atoms with E-state index in [0.717, 1.165) is 19.3 Å². The Labute approximate surface area is 100 Å². The molecule has 0 aliphatic carbocycles. The van der Waals surface area contributed by atoms with E-state index in [1.165, 1.54) is 6.08 Å². The van der Waals surface area contributed by atoms with Crippen molar-refractivity contribution >= 4 is 12.0 Å². The summed E-state index contributed by atoms with van der Waals surface area (Å²) in [6.07, 6.45) is 4.25. The average molecular weight is 232 g/mol. The molecule has 1 rings (SSSR count). The van der Waals surface area contributed by atoms with Gasteiger partial charge in [0.05, 0.1) is 6.54 Å². The van der Waals surface area contributed by atoms with Gasteiger partial charge in [0, 0.05) is 6.42 Å².